The number of ether oxygens (including phenoxy) is 1. The van der Waals surface area contributed by atoms with E-state index in [2.05, 4.69) is 5.32 Å². The van der Waals surface area contributed by atoms with Crippen LogP contribution in [0, 0.1) is 11.8 Å². The average molecular weight is 425 g/mol. The molecule has 2 aliphatic rings. The van der Waals surface area contributed by atoms with E-state index >= 15 is 0 Å². The molecule has 2 unspecified atom stereocenters. The van der Waals surface area contributed by atoms with Crippen molar-refractivity contribution < 1.29 is 19.1 Å². The summed E-state index contributed by atoms with van der Waals surface area (Å²) in [7, 11) is 1.56. The van der Waals surface area contributed by atoms with Crippen molar-refractivity contribution in [2.45, 2.75) is 19.3 Å². The predicted octanol–water partition coefficient (Wildman–Crippen LogP) is 0.783. The second-order valence-electron chi connectivity index (χ2n) is 7.28. The van der Waals surface area contributed by atoms with E-state index in [9.17, 15) is 14.4 Å². The number of hydrogen-bond acceptors (Lipinski definition) is 5. The van der Waals surface area contributed by atoms with E-state index in [0.717, 1.165) is 12.8 Å². The van der Waals surface area contributed by atoms with Crippen LogP contribution in [0.5, 0.6) is 5.75 Å². The van der Waals surface area contributed by atoms with E-state index in [-0.39, 0.29) is 42.5 Å². The van der Waals surface area contributed by atoms with Gasteiger partial charge >= 0.3 is 0 Å². The molecule has 2 fully saturated rings. The molecule has 29 heavy (non-hydrogen) atoms. The molecule has 3 N–H and O–H groups in total. The van der Waals surface area contributed by atoms with Crippen LogP contribution in [0.3, 0.4) is 0 Å². The van der Waals surface area contributed by atoms with Gasteiger partial charge in [-0.25, -0.2) is 0 Å². The Hall–Kier alpha value is -2.32. The summed E-state index contributed by atoms with van der Waals surface area (Å²) in [5.74, 6) is -0.200. The summed E-state index contributed by atoms with van der Waals surface area (Å²) in [6.07, 6.45) is 1.72. The van der Waals surface area contributed by atoms with E-state index in [4.69, 9.17) is 10.5 Å². The molecule has 0 aliphatic carbocycles. The molecular formula is C20H29ClN4O4. The number of piperidine rings is 1. The molecule has 2 aliphatic heterocycles. The molecule has 160 valence electrons. The van der Waals surface area contributed by atoms with Crippen molar-refractivity contribution in [3.63, 3.8) is 0 Å². The number of nitrogens with one attached hydrogen (secondary N) is 1. The zero-order valence-electron chi connectivity index (χ0n) is 16.6. The minimum atomic E-state index is -0.400. The molecule has 0 saturated carbocycles. The first-order chi connectivity index (χ1) is 13.5. The minimum Gasteiger partial charge on any atom is -0.495 e. The van der Waals surface area contributed by atoms with Gasteiger partial charge in [0, 0.05) is 39.1 Å². The fraction of sp³-hybridized carbons (Fsp3) is 0.550. The summed E-state index contributed by atoms with van der Waals surface area (Å²) in [6, 6.07) is 7.31. The molecular weight excluding hydrogens is 396 g/mol. The quantitative estimate of drug-likeness (QED) is 0.702. The Morgan fingerprint density at radius 2 is 2.00 bits per heavy atom. The first kappa shape index (κ1) is 23.0. The zero-order chi connectivity index (χ0) is 20.1. The lowest BCUT2D eigenvalue weighted by atomic mass is 9.95. The van der Waals surface area contributed by atoms with Gasteiger partial charge in [-0.3, -0.25) is 14.4 Å². The number of benzene rings is 1. The Bertz CT molecular complexity index is 745. The van der Waals surface area contributed by atoms with Crippen molar-refractivity contribution in [1.29, 1.82) is 0 Å². The van der Waals surface area contributed by atoms with Crippen molar-refractivity contribution in [2.75, 3.05) is 44.7 Å². The standard InChI is InChI=1S/C20H28N4O4.ClH/c1-28-17-7-3-2-6-16(17)24-13-15(11-18(24)25)20(27)23-10-4-5-14(12-23)19(26)22-9-8-21;/h2-3,6-7,14-15H,4-5,8-13,21H2,1H3,(H,22,26);1H. The first-order valence-electron chi connectivity index (χ1n) is 9.75. The number of carbonyl (C=O) groups is 3. The number of likely N-dealkylation sites (tertiary alicyclic amines) is 1. The number of rotatable bonds is 6. The van der Waals surface area contributed by atoms with Gasteiger partial charge in [-0.2, -0.15) is 0 Å². The second kappa shape index (κ2) is 10.5. The van der Waals surface area contributed by atoms with Crippen LogP contribution in [0.4, 0.5) is 5.69 Å². The summed E-state index contributed by atoms with van der Waals surface area (Å²) < 4.78 is 5.35. The molecule has 3 amide bonds. The molecule has 1 aromatic rings. The molecule has 1 aromatic carbocycles. The number of halogens is 1. The van der Waals surface area contributed by atoms with Crippen LogP contribution in [0.15, 0.2) is 24.3 Å². The third-order valence-corrected chi connectivity index (χ3v) is 5.40. The number of amides is 3. The van der Waals surface area contributed by atoms with Gasteiger partial charge in [0.15, 0.2) is 0 Å². The minimum absolute atomic E-state index is 0. The number of nitrogens with two attached hydrogens (primary N) is 1. The molecule has 0 aromatic heterocycles. The van der Waals surface area contributed by atoms with E-state index in [1.54, 1.807) is 23.0 Å². The lowest BCUT2D eigenvalue weighted by Gasteiger charge is -2.33. The maximum atomic E-state index is 13.0. The zero-order valence-corrected chi connectivity index (χ0v) is 17.5. The van der Waals surface area contributed by atoms with Gasteiger partial charge < -0.3 is 25.6 Å². The van der Waals surface area contributed by atoms with E-state index in [0.29, 0.717) is 44.2 Å². The number of anilines is 1. The Labute approximate surface area is 177 Å². The van der Waals surface area contributed by atoms with E-state index < -0.39 is 5.92 Å². The maximum absolute atomic E-state index is 13.0. The van der Waals surface area contributed by atoms with Crippen molar-refractivity contribution in [3.8, 4) is 5.75 Å². The van der Waals surface area contributed by atoms with Crippen LogP contribution < -0.4 is 20.7 Å². The van der Waals surface area contributed by atoms with Gasteiger partial charge in [0.05, 0.1) is 24.6 Å². The Morgan fingerprint density at radius 1 is 1.24 bits per heavy atom. The molecule has 2 atom stereocenters. The summed E-state index contributed by atoms with van der Waals surface area (Å²) >= 11 is 0. The van der Waals surface area contributed by atoms with Gasteiger partial charge in [-0.15, -0.1) is 12.4 Å². The normalized spacial score (nSPS) is 21.5. The molecule has 0 spiro atoms. The van der Waals surface area contributed by atoms with Gasteiger partial charge in [0.25, 0.3) is 0 Å². The topological polar surface area (TPSA) is 105 Å². The number of methoxy groups -OCH3 is 1. The number of carbonyl (C=O) groups excluding carboxylic acids is 3. The highest BCUT2D eigenvalue weighted by Crippen LogP contribution is 2.33. The molecule has 3 rings (SSSR count). The summed E-state index contributed by atoms with van der Waals surface area (Å²) in [6.45, 7) is 2.18. The smallest absolute Gasteiger partial charge is 0.228 e. The van der Waals surface area contributed by atoms with Gasteiger partial charge in [0.2, 0.25) is 17.7 Å². The van der Waals surface area contributed by atoms with Crippen LogP contribution in [0.1, 0.15) is 19.3 Å². The Balaban J connectivity index is 0.00000300. The van der Waals surface area contributed by atoms with E-state index in [1.165, 1.54) is 0 Å². The fourth-order valence-electron chi connectivity index (χ4n) is 3.95. The van der Waals surface area contributed by atoms with E-state index in [1.807, 2.05) is 18.2 Å². The Morgan fingerprint density at radius 3 is 2.72 bits per heavy atom. The molecule has 0 bridgehead atoms. The second-order valence-corrected chi connectivity index (χ2v) is 7.28. The number of nitrogens with zero attached hydrogens (tertiary/aromatic N) is 2. The maximum Gasteiger partial charge on any atom is 0.228 e. The predicted molar refractivity (Wildman–Crippen MR) is 112 cm³/mol. The first-order valence-corrected chi connectivity index (χ1v) is 9.75. The number of para-hydroxylation sites is 2. The van der Waals surface area contributed by atoms with Crippen molar-refractivity contribution in [3.05, 3.63) is 24.3 Å². The average Bonchev–Trinajstić information content (AvgIpc) is 3.12. The largest absolute Gasteiger partial charge is 0.495 e. The van der Waals surface area contributed by atoms with Gasteiger partial charge in [-0.1, -0.05) is 12.1 Å². The fourth-order valence-corrected chi connectivity index (χ4v) is 3.95. The lowest BCUT2D eigenvalue weighted by Crippen LogP contribution is -2.48. The lowest BCUT2D eigenvalue weighted by molar-refractivity contribution is -0.139. The summed E-state index contributed by atoms with van der Waals surface area (Å²) in [5.41, 5.74) is 6.12. The van der Waals surface area contributed by atoms with Crippen LogP contribution in [-0.4, -0.2) is 62.5 Å². The van der Waals surface area contributed by atoms with Gasteiger partial charge in [-0.05, 0) is 25.0 Å². The van der Waals surface area contributed by atoms with Crippen molar-refractivity contribution in [2.24, 2.45) is 17.6 Å². The molecule has 2 saturated heterocycles. The molecule has 9 heteroatoms. The van der Waals surface area contributed by atoms with Gasteiger partial charge in [0.1, 0.15) is 5.75 Å². The van der Waals surface area contributed by atoms with Crippen molar-refractivity contribution >= 4 is 35.8 Å². The monoisotopic (exact) mass is 424 g/mol. The summed E-state index contributed by atoms with van der Waals surface area (Å²) in [5, 5.41) is 2.80. The van der Waals surface area contributed by atoms with Crippen LogP contribution in [0.25, 0.3) is 0 Å². The third kappa shape index (κ3) is 5.19. The van der Waals surface area contributed by atoms with Crippen molar-refractivity contribution in [1.82, 2.24) is 10.2 Å². The van der Waals surface area contributed by atoms with Crippen LogP contribution in [0.2, 0.25) is 0 Å². The highest BCUT2D eigenvalue weighted by atomic mass is 35.5. The van der Waals surface area contributed by atoms with Crippen LogP contribution in [-0.2, 0) is 14.4 Å². The summed E-state index contributed by atoms with van der Waals surface area (Å²) in [4.78, 5) is 41.2. The molecule has 0 radical (unpaired) electrons. The highest BCUT2D eigenvalue weighted by molar-refractivity contribution is 6.01. The Kier molecular flexibility index (Phi) is 8.28. The van der Waals surface area contributed by atoms with Crippen LogP contribution >= 0.6 is 12.4 Å². The molecule has 2 heterocycles. The number of hydrogen-bond donors (Lipinski definition) is 2. The molecule has 8 nitrogen and oxygen atoms in total. The third-order valence-electron chi connectivity index (χ3n) is 5.40. The highest BCUT2D eigenvalue weighted by Gasteiger charge is 2.39. The SMILES string of the molecule is COc1ccccc1N1CC(C(=O)N2CCCC(C(=O)NCCN)C2)CC1=O.Cl.